The van der Waals surface area contributed by atoms with Crippen LogP contribution in [0.3, 0.4) is 0 Å². The van der Waals surface area contributed by atoms with Crippen molar-refractivity contribution in [1.82, 2.24) is 20.0 Å². The standard InChI is InChI=1S/C26H44F4N4O/c1-19(2)32-15-17-33(18-16-32)21-5-4-8-26(29,30)22(21)31-23(35)34-13-11-24(3,12-14-34)20-6-9-25(27,28)10-7-20/h19-22H,4-18H2,1-3H3,(H,31,35)/t21-,22+/m0/s1. The summed E-state index contributed by atoms with van der Waals surface area (Å²) >= 11 is 0. The van der Waals surface area contributed by atoms with E-state index >= 15 is 8.78 Å². The summed E-state index contributed by atoms with van der Waals surface area (Å²) in [6.45, 7) is 10.6. The van der Waals surface area contributed by atoms with Crippen LogP contribution in [0.1, 0.15) is 78.6 Å². The van der Waals surface area contributed by atoms with Crippen molar-refractivity contribution in [3.05, 3.63) is 0 Å². The van der Waals surface area contributed by atoms with Gasteiger partial charge >= 0.3 is 6.03 Å². The summed E-state index contributed by atoms with van der Waals surface area (Å²) in [5, 5.41) is 2.76. The van der Waals surface area contributed by atoms with Gasteiger partial charge in [0.2, 0.25) is 5.92 Å². The van der Waals surface area contributed by atoms with Gasteiger partial charge in [0.15, 0.2) is 0 Å². The number of nitrogens with zero attached hydrogens (tertiary/aromatic N) is 3. The molecule has 2 atom stereocenters. The lowest BCUT2D eigenvalue weighted by atomic mass is 9.64. The fourth-order valence-corrected chi connectivity index (χ4v) is 6.92. The topological polar surface area (TPSA) is 38.8 Å². The molecule has 4 rings (SSSR count). The summed E-state index contributed by atoms with van der Waals surface area (Å²) in [6.07, 6.45) is 3.36. The Morgan fingerprint density at radius 3 is 2.03 bits per heavy atom. The molecule has 2 saturated carbocycles. The van der Waals surface area contributed by atoms with E-state index in [1.54, 1.807) is 4.90 Å². The molecule has 9 heteroatoms. The summed E-state index contributed by atoms with van der Waals surface area (Å²) in [6, 6.07) is -1.49. The summed E-state index contributed by atoms with van der Waals surface area (Å²) < 4.78 is 57.4. The van der Waals surface area contributed by atoms with Crippen molar-refractivity contribution in [1.29, 1.82) is 0 Å². The van der Waals surface area contributed by atoms with E-state index in [-0.39, 0.29) is 36.6 Å². The molecule has 2 saturated heterocycles. The Kier molecular flexibility index (Phi) is 7.97. The van der Waals surface area contributed by atoms with Crippen LogP contribution >= 0.6 is 0 Å². The number of amides is 2. The van der Waals surface area contributed by atoms with Crippen LogP contribution in [-0.2, 0) is 0 Å². The van der Waals surface area contributed by atoms with E-state index in [2.05, 4.69) is 35.9 Å². The third-order valence-corrected chi connectivity index (χ3v) is 9.57. The highest BCUT2D eigenvalue weighted by Gasteiger charge is 2.51. The zero-order chi connectivity index (χ0) is 25.4. The first-order chi connectivity index (χ1) is 16.4. The molecule has 0 aromatic carbocycles. The van der Waals surface area contributed by atoms with Gasteiger partial charge in [0.05, 0.1) is 0 Å². The van der Waals surface area contributed by atoms with Crippen molar-refractivity contribution in [2.24, 2.45) is 11.3 Å². The molecule has 0 bridgehead atoms. The lowest BCUT2D eigenvalue weighted by Crippen LogP contribution is -2.66. The molecule has 4 fully saturated rings. The average molecular weight is 505 g/mol. The number of hydrogen-bond donors (Lipinski definition) is 1. The van der Waals surface area contributed by atoms with Crippen LogP contribution in [0.25, 0.3) is 0 Å². The quantitative estimate of drug-likeness (QED) is 0.535. The molecular formula is C26H44F4N4O. The molecule has 2 aliphatic heterocycles. The van der Waals surface area contributed by atoms with Crippen LogP contribution in [0.15, 0.2) is 0 Å². The normalized spacial score (nSPS) is 32.5. The second kappa shape index (κ2) is 10.3. The highest BCUT2D eigenvalue weighted by molar-refractivity contribution is 5.75. The van der Waals surface area contributed by atoms with Crippen LogP contribution in [0.2, 0.25) is 0 Å². The third-order valence-electron chi connectivity index (χ3n) is 9.57. The monoisotopic (exact) mass is 504 g/mol. The Hall–Kier alpha value is -1.09. The van der Waals surface area contributed by atoms with Gasteiger partial charge in [-0.2, -0.15) is 0 Å². The van der Waals surface area contributed by atoms with Crippen LogP contribution in [0.4, 0.5) is 22.4 Å². The molecule has 2 aliphatic carbocycles. The van der Waals surface area contributed by atoms with Crippen LogP contribution < -0.4 is 5.32 Å². The number of carbonyl (C=O) groups is 1. The van der Waals surface area contributed by atoms with E-state index in [4.69, 9.17) is 0 Å². The predicted octanol–water partition coefficient (Wildman–Crippen LogP) is 5.21. The molecule has 0 aromatic heterocycles. The van der Waals surface area contributed by atoms with E-state index in [9.17, 15) is 13.6 Å². The second-order valence-corrected chi connectivity index (χ2v) is 12.1. The number of hydrogen-bond acceptors (Lipinski definition) is 3. The number of alkyl halides is 4. The molecule has 0 unspecified atom stereocenters. The van der Waals surface area contributed by atoms with Gasteiger partial charge in [0.25, 0.3) is 5.92 Å². The van der Waals surface area contributed by atoms with Gasteiger partial charge in [0.1, 0.15) is 6.04 Å². The number of piperidine rings is 1. The Balaban J connectivity index is 1.34. The summed E-state index contributed by atoms with van der Waals surface area (Å²) in [7, 11) is 0. The van der Waals surface area contributed by atoms with E-state index in [1.165, 1.54) is 0 Å². The van der Waals surface area contributed by atoms with Crippen molar-refractivity contribution >= 4 is 6.03 Å². The van der Waals surface area contributed by atoms with Crippen LogP contribution in [0.5, 0.6) is 0 Å². The van der Waals surface area contributed by atoms with Crippen molar-refractivity contribution in [2.45, 2.75) is 109 Å². The number of urea groups is 1. The van der Waals surface area contributed by atoms with Gasteiger partial charge in [0, 0.05) is 70.6 Å². The fraction of sp³-hybridized carbons (Fsp3) is 0.962. The van der Waals surface area contributed by atoms with Crippen molar-refractivity contribution in [3.8, 4) is 0 Å². The minimum absolute atomic E-state index is 0.0545. The van der Waals surface area contributed by atoms with E-state index in [1.807, 2.05) is 0 Å². The fourth-order valence-electron chi connectivity index (χ4n) is 6.92. The van der Waals surface area contributed by atoms with Crippen LogP contribution in [0, 0.1) is 11.3 Å². The molecule has 2 amide bonds. The molecule has 5 nitrogen and oxygen atoms in total. The zero-order valence-corrected chi connectivity index (χ0v) is 21.7. The first-order valence-electron chi connectivity index (χ1n) is 13.7. The van der Waals surface area contributed by atoms with E-state index < -0.39 is 23.9 Å². The number of piperazine rings is 1. The summed E-state index contributed by atoms with van der Waals surface area (Å²) in [4.78, 5) is 19.3. The number of carbonyl (C=O) groups excluding carboxylic acids is 1. The maximum atomic E-state index is 15.1. The number of halogens is 4. The maximum Gasteiger partial charge on any atom is 0.317 e. The predicted molar refractivity (Wildman–Crippen MR) is 129 cm³/mol. The lowest BCUT2D eigenvalue weighted by molar-refractivity contribution is -0.0979. The van der Waals surface area contributed by atoms with Gasteiger partial charge < -0.3 is 10.2 Å². The number of likely N-dealkylation sites (tertiary alicyclic amines) is 1. The Bertz CT molecular complexity index is 723. The van der Waals surface area contributed by atoms with Crippen molar-refractivity contribution in [3.63, 3.8) is 0 Å². The van der Waals surface area contributed by atoms with Gasteiger partial charge in [-0.3, -0.25) is 9.80 Å². The van der Waals surface area contributed by atoms with Crippen molar-refractivity contribution in [2.75, 3.05) is 39.3 Å². The highest BCUT2D eigenvalue weighted by atomic mass is 19.3. The minimum Gasteiger partial charge on any atom is -0.328 e. The molecule has 0 radical (unpaired) electrons. The summed E-state index contributed by atoms with van der Waals surface area (Å²) in [5.41, 5.74) is -0.0688. The SMILES string of the molecule is CC(C)N1CCN([C@H]2CCCC(F)(F)[C@@H]2NC(=O)N2CCC(C)(C3CCC(F)(F)CC3)CC2)CC1. The van der Waals surface area contributed by atoms with E-state index in [0.29, 0.717) is 44.8 Å². The zero-order valence-electron chi connectivity index (χ0n) is 21.7. The molecule has 1 N–H and O–H groups in total. The largest absolute Gasteiger partial charge is 0.328 e. The molecule has 2 heterocycles. The average Bonchev–Trinajstić information content (AvgIpc) is 2.80. The second-order valence-electron chi connectivity index (χ2n) is 12.1. The first kappa shape index (κ1) is 27.0. The lowest BCUT2D eigenvalue weighted by Gasteiger charge is -2.49. The molecular weight excluding hydrogens is 460 g/mol. The van der Waals surface area contributed by atoms with Crippen molar-refractivity contribution < 1.29 is 22.4 Å². The number of rotatable bonds is 4. The van der Waals surface area contributed by atoms with Gasteiger partial charge in [-0.25, -0.2) is 22.4 Å². The number of nitrogens with one attached hydrogen (secondary N) is 1. The minimum atomic E-state index is -2.93. The Morgan fingerprint density at radius 2 is 1.46 bits per heavy atom. The van der Waals surface area contributed by atoms with Crippen LogP contribution in [-0.4, -0.2) is 90.0 Å². The van der Waals surface area contributed by atoms with Gasteiger partial charge in [-0.05, 0) is 63.7 Å². The molecule has 202 valence electrons. The Morgan fingerprint density at radius 1 is 0.857 bits per heavy atom. The Labute approximate surface area is 207 Å². The molecule has 0 spiro atoms. The van der Waals surface area contributed by atoms with E-state index in [0.717, 1.165) is 39.0 Å². The first-order valence-corrected chi connectivity index (χ1v) is 13.7. The molecule has 35 heavy (non-hydrogen) atoms. The third kappa shape index (κ3) is 6.08. The smallest absolute Gasteiger partial charge is 0.317 e. The van der Waals surface area contributed by atoms with Gasteiger partial charge in [-0.1, -0.05) is 6.92 Å². The highest BCUT2D eigenvalue weighted by Crippen LogP contribution is 2.48. The molecule has 0 aromatic rings. The van der Waals surface area contributed by atoms with Gasteiger partial charge in [-0.15, -0.1) is 0 Å². The molecule has 4 aliphatic rings. The maximum absolute atomic E-state index is 15.1. The summed E-state index contributed by atoms with van der Waals surface area (Å²) in [5.74, 6) is -5.23.